The predicted octanol–water partition coefficient (Wildman–Crippen LogP) is 2.57. The molecule has 1 atom stereocenters. The number of carbonyl (C=O) groups is 1. The number of hydrogen-bond donors (Lipinski definition) is 1. The molecule has 1 saturated heterocycles. The fourth-order valence-electron chi connectivity index (χ4n) is 3.23. The molecule has 7 heteroatoms. The van der Waals surface area contributed by atoms with Gasteiger partial charge in [-0.25, -0.2) is 9.97 Å². The smallest absolute Gasteiger partial charge is 0.230 e. The first-order chi connectivity index (χ1) is 11.3. The molecule has 2 aromatic heterocycles. The molecule has 4 rings (SSSR count). The molecule has 1 aliphatic heterocycles. The molecule has 0 radical (unpaired) electrons. The zero-order valence-electron chi connectivity index (χ0n) is 12.8. The molecule has 5 nitrogen and oxygen atoms in total. The highest BCUT2D eigenvalue weighted by Gasteiger charge is 2.22. The molecule has 0 spiro atoms. The van der Waals surface area contributed by atoms with Gasteiger partial charge in [0.1, 0.15) is 16.2 Å². The van der Waals surface area contributed by atoms with E-state index in [2.05, 4.69) is 15.3 Å². The monoisotopic (exact) mass is 349 g/mol. The van der Waals surface area contributed by atoms with Crippen molar-refractivity contribution in [1.82, 2.24) is 15.3 Å². The zero-order chi connectivity index (χ0) is 15.6. The fraction of sp³-hybridized carbons (Fsp3) is 0.562. The van der Waals surface area contributed by atoms with E-state index in [1.807, 2.05) is 0 Å². The maximum Gasteiger partial charge on any atom is 0.230 e. The highest BCUT2D eigenvalue weighted by Crippen LogP contribution is 2.39. The lowest BCUT2D eigenvalue weighted by Gasteiger charge is -2.10. The van der Waals surface area contributed by atoms with Crippen LogP contribution in [0.4, 0.5) is 0 Å². The van der Waals surface area contributed by atoms with Gasteiger partial charge in [-0.1, -0.05) is 11.8 Å². The van der Waals surface area contributed by atoms with Crippen molar-refractivity contribution in [1.29, 1.82) is 0 Å². The first-order valence-electron chi connectivity index (χ1n) is 8.07. The Hall–Kier alpha value is -1.18. The number of thioether (sulfide) groups is 1. The van der Waals surface area contributed by atoms with Crippen LogP contribution in [0.25, 0.3) is 10.2 Å². The van der Waals surface area contributed by atoms with Gasteiger partial charge in [-0.05, 0) is 37.7 Å². The van der Waals surface area contributed by atoms with Crippen molar-refractivity contribution in [2.24, 2.45) is 0 Å². The molecular formula is C16H19N3O2S2. The number of rotatable bonds is 5. The number of hydrogen-bond acceptors (Lipinski definition) is 6. The molecule has 0 bridgehead atoms. The topological polar surface area (TPSA) is 64.1 Å². The summed E-state index contributed by atoms with van der Waals surface area (Å²) in [6, 6.07) is 0. The van der Waals surface area contributed by atoms with Gasteiger partial charge >= 0.3 is 0 Å². The zero-order valence-corrected chi connectivity index (χ0v) is 14.5. The second-order valence-electron chi connectivity index (χ2n) is 5.94. The molecular weight excluding hydrogens is 330 g/mol. The molecule has 2 aromatic rings. The Bertz CT molecular complexity index is 725. The number of nitrogens with one attached hydrogen (secondary N) is 1. The van der Waals surface area contributed by atoms with Crippen LogP contribution < -0.4 is 5.32 Å². The van der Waals surface area contributed by atoms with E-state index in [1.165, 1.54) is 34.0 Å². The van der Waals surface area contributed by atoms with Crippen molar-refractivity contribution in [2.75, 3.05) is 18.9 Å². The van der Waals surface area contributed by atoms with E-state index >= 15 is 0 Å². The van der Waals surface area contributed by atoms with Gasteiger partial charge in [-0.3, -0.25) is 4.79 Å². The van der Waals surface area contributed by atoms with Crippen LogP contribution in [0.15, 0.2) is 11.4 Å². The molecule has 122 valence electrons. The number of thiophene rings is 1. The number of amides is 1. The summed E-state index contributed by atoms with van der Waals surface area (Å²) >= 11 is 3.29. The quantitative estimate of drug-likeness (QED) is 0.664. The van der Waals surface area contributed by atoms with Crippen LogP contribution in [0.1, 0.15) is 29.7 Å². The Labute approximate surface area is 143 Å². The normalized spacial score (nSPS) is 20.1. The third kappa shape index (κ3) is 3.22. The van der Waals surface area contributed by atoms with Crippen molar-refractivity contribution >= 4 is 39.2 Å². The maximum atomic E-state index is 12.1. The summed E-state index contributed by atoms with van der Waals surface area (Å²) in [4.78, 5) is 23.4. The first kappa shape index (κ1) is 15.4. The molecule has 0 unspecified atom stereocenters. The summed E-state index contributed by atoms with van der Waals surface area (Å²) in [5.74, 6) is 0.438. The molecule has 1 aliphatic carbocycles. The van der Waals surface area contributed by atoms with Crippen molar-refractivity contribution in [3.05, 3.63) is 16.8 Å². The van der Waals surface area contributed by atoms with Crippen LogP contribution in [0.2, 0.25) is 0 Å². The third-order valence-corrected chi connectivity index (χ3v) is 6.55. The van der Waals surface area contributed by atoms with Crippen molar-refractivity contribution in [2.45, 2.75) is 43.2 Å². The standard InChI is InChI=1S/C16H19N3O2S2/c20-13(17-7-10-3-2-6-21-10)8-22-15-14-11-4-1-5-12(11)23-16(14)19-9-18-15/h9-10H,1-8H2,(H,17,20)/t10-/m0/s1. The van der Waals surface area contributed by atoms with Crippen LogP contribution in [-0.4, -0.2) is 40.9 Å². The molecule has 2 aliphatic rings. The molecule has 3 heterocycles. The van der Waals surface area contributed by atoms with Crippen LogP contribution in [0.3, 0.4) is 0 Å². The van der Waals surface area contributed by atoms with Crippen molar-refractivity contribution < 1.29 is 9.53 Å². The minimum absolute atomic E-state index is 0.0455. The van der Waals surface area contributed by atoms with Gasteiger partial charge in [0.2, 0.25) is 5.91 Å². The van der Waals surface area contributed by atoms with Crippen LogP contribution >= 0.6 is 23.1 Å². The summed E-state index contributed by atoms with van der Waals surface area (Å²) in [6.45, 7) is 1.43. The van der Waals surface area contributed by atoms with Gasteiger partial charge in [-0.2, -0.15) is 0 Å². The molecule has 0 aromatic carbocycles. The highest BCUT2D eigenvalue weighted by molar-refractivity contribution is 8.00. The summed E-state index contributed by atoms with van der Waals surface area (Å²) in [6.07, 6.45) is 7.43. The van der Waals surface area contributed by atoms with Crippen LogP contribution in [-0.2, 0) is 22.4 Å². The summed E-state index contributed by atoms with van der Waals surface area (Å²) in [5, 5.41) is 5.09. The highest BCUT2D eigenvalue weighted by atomic mass is 32.2. The minimum Gasteiger partial charge on any atom is -0.376 e. The fourth-order valence-corrected chi connectivity index (χ4v) is 5.38. The van der Waals surface area contributed by atoms with Crippen molar-refractivity contribution in [3.63, 3.8) is 0 Å². The van der Waals surface area contributed by atoms with E-state index in [0.29, 0.717) is 12.3 Å². The Kier molecular flexibility index (Phi) is 4.50. The molecule has 23 heavy (non-hydrogen) atoms. The lowest BCUT2D eigenvalue weighted by atomic mass is 10.2. The van der Waals surface area contributed by atoms with Gasteiger partial charge in [-0.15, -0.1) is 11.3 Å². The van der Waals surface area contributed by atoms with E-state index < -0.39 is 0 Å². The molecule has 1 fully saturated rings. The molecule has 0 saturated carbocycles. The number of carbonyl (C=O) groups excluding carboxylic acids is 1. The predicted molar refractivity (Wildman–Crippen MR) is 92.1 cm³/mol. The van der Waals surface area contributed by atoms with Crippen LogP contribution in [0.5, 0.6) is 0 Å². The first-order valence-corrected chi connectivity index (χ1v) is 9.88. The average Bonchev–Trinajstić information content (AvgIpc) is 3.26. The minimum atomic E-state index is 0.0455. The number of fused-ring (bicyclic) bond motifs is 3. The lowest BCUT2D eigenvalue weighted by molar-refractivity contribution is -0.119. The third-order valence-electron chi connectivity index (χ3n) is 4.36. The Balaban J connectivity index is 1.40. The largest absolute Gasteiger partial charge is 0.376 e. The van der Waals surface area contributed by atoms with E-state index in [4.69, 9.17) is 4.74 Å². The molecule has 1 N–H and O–H groups in total. The van der Waals surface area contributed by atoms with E-state index in [9.17, 15) is 4.79 Å². The number of aromatic nitrogens is 2. The second kappa shape index (κ2) is 6.75. The second-order valence-corrected chi connectivity index (χ2v) is 7.99. The summed E-state index contributed by atoms with van der Waals surface area (Å²) in [7, 11) is 0. The van der Waals surface area contributed by atoms with E-state index in [1.54, 1.807) is 17.7 Å². The summed E-state index contributed by atoms with van der Waals surface area (Å²) in [5.41, 5.74) is 1.41. The van der Waals surface area contributed by atoms with Gasteiger partial charge in [0, 0.05) is 23.4 Å². The maximum absolute atomic E-state index is 12.1. The van der Waals surface area contributed by atoms with Gasteiger partial charge in [0.05, 0.1) is 11.9 Å². The van der Waals surface area contributed by atoms with Gasteiger partial charge in [0.15, 0.2) is 0 Å². The number of ether oxygens (including phenoxy) is 1. The van der Waals surface area contributed by atoms with Gasteiger partial charge < -0.3 is 10.1 Å². The Morgan fingerprint density at radius 3 is 3.22 bits per heavy atom. The summed E-state index contributed by atoms with van der Waals surface area (Å²) < 4.78 is 5.52. The van der Waals surface area contributed by atoms with Crippen LogP contribution in [0, 0.1) is 0 Å². The lowest BCUT2D eigenvalue weighted by Crippen LogP contribution is -2.32. The molecule has 1 amide bonds. The van der Waals surface area contributed by atoms with Crippen molar-refractivity contribution in [3.8, 4) is 0 Å². The Morgan fingerprint density at radius 1 is 1.39 bits per heavy atom. The number of aryl methyl sites for hydroxylation is 2. The van der Waals surface area contributed by atoms with Gasteiger partial charge in [0.25, 0.3) is 0 Å². The SMILES string of the molecule is O=C(CSc1ncnc2sc3c(c12)CCC3)NC[C@@H]1CCCO1. The van der Waals surface area contributed by atoms with E-state index in [0.717, 1.165) is 42.1 Å². The Morgan fingerprint density at radius 2 is 2.35 bits per heavy atom. The van der Waals surface area contributed by atoms with E-state index in [-0.39, 0.29) is 12.0 Å². The number of nitrogens with zero attached hydrogens (tertiary/aromatic N) is 2. The average molecular weight is 349 g/mol.